The zero-order valence-corrected chi connectivity index (χ0v) is 15.8. The molecule has 1 amide bonds. The molecule has 28 heavy (non-hydrogen) atoms. The zero-order valence-electron chi connectivity index (χ0n) is 15.8. The Hall–Kier alpha value is -2.86. The Labute approximate surface area is 164 Å². The lowest BCUT2D eigenvalue weighted by Crippen LogP contribution is -2.31. The topological polar surface area (TPSA) is 76.4 Å². The van der Waals surface area contributed by atoms with Crippen molar-refractivity contribution in [3.05, 3.63) is 59.9 Å². The zero-order chi connectivity index (χ0) is 19.3. The van der Waals surface area contributed by atoms with Gasteiger partial charge in [-0.15, -0.1) is 0 Å². The van der Waals surface area contributed by atoms with E-state index in [0.717, 1.165) is 29.6 Å². The summed E-state index contributed by atoms with van der Waals surface area (Å²) in [6.07, 6.45) is 2.19. The van der Waals surface area contributed by atoms with E-state index in [4.69, 9.17) is 4.74 Å². The van der Waals surface area contributed by atoms with Gasteiger partial charge in [-0.1, -0.05) is 30.3 Å². The molecule has 146 valence electrons. The molecule has 0 radical (unpaired) electrons. The van der Waals surface area contributed by atoms with Crippen molar-refractivity contribution >= 4 is 16.9 Å². The van der Waals surface area contributed by atoms with Crippen LogP contribution in [-0.4, -0.2) is 33.7 Å². The number of carbonyl (C=O) groups is 1. The molecule has 4 rings (SSSR count). The Kier molecular flexibility index (Phi) is 5.58. The van der Waals surface area contributed by atoms with Crippen LogP contribution < -0.4 is 10.1 Å². The minimum absolute atomic E-state index is 0.0140. The van der Waals surface area contributed by atoms with Crippen molar-refractivity contribution < 1.29 is 14.6 Å². The van der Waals surface area contributed by atoms with E-state index in [1.54, 1.807) is 0 Å². The Morgan fingerprint density at radius 2 is 2.04 bits per heavy atom. The van der Waals surface area contributed by atoms with Gasteiger partial charge in [0.15, 0.2) is 0 Å². The molecule has 1 aliphatic rings. The molecule has 2 aromatic carbocycles. The summed E-state index contributed by atoms with van der Waals surface area (Å²) in [6.45, 7) is 1.68. The molecular formula is C22H25N3O3. The third kappa shape index (κ3) is 4.02. The number of nitrogens with one attached hydrogen (secondary N) is 1. The van der Waals surface area contributed by atoms with E-state index in [1.807, 2.05) is 47.0 Å². The van der Waals surface area contributed by atoms with Crippen LogP contribution in [0.1, 0.15) is 24.2 Å². The molecule has 0 aliphatic carbocycles. The van der Waals surface area contributed by atoms with Crippen LogP contribution in [0, 0.1) is 5.92 Å². The molecule has 0 fully saturated rings. The fourth-order valence-corrected chi connectivity index (χ4v) is 3.79. The van der Waals surface area contributed by atoms with Gasteiger partial charge in [0.2, 0.25) is 5.91 Å². The first-order valence-corrected chi connectivity index (χ1v) is 9.77. The van der Waals surface area contributed by atoms with Crippen molar-refractivity contribution in [3.8, 4) is 5.75 Å². The number of aromatic nitrogens is 2. The highest BCUT2D eigenvalue weighted by atomic mass is 16.5. The number of rotatable bonds is 6. The highest BCUT2D eigenvalue weighted by Crippen LogP contribution is 2.26. The molecule has 0 spiro atoms. The highest BCUT2D eigenvalue weighted by molar-refractivity contribution is 5.78. The lowest BCUT2D eigenvalue weighted by molar-refractivity contribution is -0.121. The number of benzene rings is 2. The fraction of sp³-hybridized carbons (Fsp3) is 0.364. The van der Waals surface area contributed by atoms with Gasteiger partial charge in [0.1, 0.15) is 18.2 Å². The molecule has 3 aromatic rings. The van der Waals surface area contributed by atoms with Gasteiger partial charge in [-0.3, -0.25) is 4.79 Å². The molecule has 1 atom stereocenters. The predicted molar refractivity (Wildman–Crippen MR) is 107 cm³/mol. The molecule has 1 unspecified atom stereocenters. The second kappa shape index (κ2) is 8.44. The number of aryl methyl sites for hydroxylation is 1. The summed E-state index contributed by atoms with van der Waals surface area (Å²) in [5.74, 6) is 1.93. The van der Waals surface area contributed by atoms with Crippen molar-refractivity contribution in [2.75, 3.05) is 13.2 Å². The number of ether oxygens (including phenoxy) is 1. The maximum atomic E-state index is 12.4. The normalized spacial score (nSPS) is 16.2. The van der Waals surface area contributed by atoms with Crippen LogP contribution in [0.3, 0.4) is 0 Å². The van der Waals surface area contributed by atoms with Crippen LogP contribution in [0.25, 0.3) is 11.0 Å². The van der Waals surface area contributed by atoms with Crippen LogP contribution in [0.4, 0.5) is 0 Å². The van der Waals surface area contributed by atoms with Gasteiger partial charge in [-0.2, -0.15) is 0 Å². The maximum absolute atomic E-state index is 12.4. The fourth-order valence-electron chi connectivity index (χ4n) is 3.79. The van der Waals surface area contributed by atoms with Crippen molar-refractivity contribution in [2.45, 2.75) is 32.4 Å². The first kappa shape index (κ1) is 18.5. The average molecular weight is 379 g/mol. The number of aliphatic hydroxyl groups excluding tert-OH is 1. The summed E-state index contributed by atoms with van der Waals surface area (Å²) < 4.78 is 7.72. The SMILES string of the molecule is O=C(CCn1c(CO)nc2ccccc21)NCC1CCOc2ccccc2C1. The van der Waals surface area contributed by atoms with Crippen molar-refractivity contribution in [1.29, 1.82) is 0 Å². The van der Waals surface area contributed by atoms with Gasteiger partial charge < -0.3 is 19.7 Å². The summed E-state index contributed by atoms with van der Waals surface area (Å²) in [5, 5.41) is 12.6. The second-order valence-electron chi connectivity index (χ2n) is 7.20. The molecule has 2 N–H and O–H groups in total. The van der Waals surface area contributed by atoms with E-state index in [0.29, 0.717) is 37.9 Å². The van der Waals surface area contributed by atoms with Crippen LogP contribution >= 0.6 is 0 Å². The van der Waals surface area contributed by atoms with Gasteiger partial charge in [0.25, 0.3) is 0 Å². The summed E-state index contributed by atoms with van der Waals surface area (Å²) in [6, 6.07) is 15.8. The first-order chi connectivity index (χ1) is 13.7. The van der Waals surface area contributed by atoms with Gasteiger partial charge in [-0.05, 0) is 42.5 Å². The smallest absolute Gasteiger partial charge is 0.221 e. The molecule has 6 heteroatoms. The molecular weight excluding hydrogens is 354 g/mol. The lowest BCUT2D eigenvalue weighted by atomic mass is 9.97. The number of carbonyl (C=O) groups excluding carboxylic acids is 1. The Balaban J connectivity index is 1.33. The van der Waals surface area contributed by atoms with Crippen LogP contribution in [0.5, 0.6) is 5.75 Å². The monoisotopic (exact) mass is 379 g/mol. The molecule has 0 saturated carbocycles. The van der Waals surface area contributed by atoms with Crippen LogP contribution in [0.2, 0.25) is 0 Å². The predicted octanol–water partition coefficient (Wildman–Crippen LogP) is 2.68. The third-order valence-corrected chi connectivity index (χ3v) is 5.29. The number of amides is 1. The van der Waals surface area contributed by atoms with E-state index < -0.39 is 0 Å². The first-order valence-electron chi connectivity index (χ1n) is 9.77. The summed E-state index contributed by atoms with van der Waals surface area (Å²) >= 11 is 0. The highest BCUT2D eigenvalue weighted by Gasteiger charge is 2.18. The van der Waals surface area contributed by atoms with Crippen molar-refractivity contribution in [1.82, 2.24) is 14.9 Å². The molecule has 1 aromatic heterocycles. The number of fused-ring (bicyclic) bond motifs is 2. The summed E-state index contributed by atoms with van der Waals surface area (Å²) in [4.78, 5) is 16.8. The molecule has 2 heterocycles. The van der Waals surface area contributed by atoms with Gasteiger partial charge >= 0.3 is 0 Å². The number of hydrogen-bond donors (Lipinski definition) is 2. The minimum atomic E-state index is -0.141. The van der Waals surface area contributed by atoms with E-state index in [1.165, 1.54) is 5.56 Å². The Morgan fingerprint density at radius 3 is 2.93 bits per heavy atom. The minimum Gasteiger partial charge on any atom is -0.493 e. The summed E-state index contributed by atoms with van der Waals surface area (Å²) in [7, 11) is 0. The lowest BCUT2D eigenvalue weighted by Gasteiger charge is -2.15. The van der Waals surface area contributed by atoms with Gasteiger partial charge in [0.05, 0.1) is 17.6 Å². The van der Waals surface area contributed by atoms with E-state index in [-0.39, 0.29) is 12.5 Å². The van der Waals surface area contributed by atoms with E-state index >= 15 is 0 Å². The second-order valence-corrected chi connectivity index (χ2v) is 7.20. The van der Waals surface area contributed by atoms with E-state index in [2.05, 4.69) is 16.4 Å². The van der Waals surface area contributed by atoms with E-state index in [9.17, 15) is 9.90 Å². The number of hydrogen-bond acceptors (Lipinski definition) is 4. The van der Waals surface area contributed by atoms with Crippen molar-refractivity contribution in [3.63, 3.8) is 0 Å². The molecule has 1 aliphatic heterocycles. The summed E-state index contributed by atoms with van der Waals surface area (Å²) in [5.41, 5.74) is 2.98. The number of para-hydroxylation sites is 3. The number of nitrogens with zero attached hydrogens (tertiary/aromatic N) is 2. The molecule has 6 nitrogen and oxygen atoms in total. The number of imidazole rings is 1. The third-order valence-electron chi connectivity index (χ3n) is 5.29. The average Bonchev–Trinajstić information content (AvgIpc) is 2.95. The molecule has 0 saturated heterocycles. The largest absolute Gasteiger partial charge is 0.493 e. The number of aliphatic hydroxyl groups is 1. The van der Waals surface area contributed by atoms with Crippen LogP contribution in [-0.2, 0) is 24.4 Å². The Bertz CT molecular complexity index is 967. The Morgan fingerprint density at radius 1 is 1.21 bits per heavy atom. The maximum Gasteiger partial charge on any atom is 0.221 e. The van der Waals surface area contributed by atoms with Gasteiger partial charge in [-0.25, -0.2) is 4.98 Å². The standard InChI is InChI=1S/C22H25N3O3/c26-15-21-24-18-6-2-3-7-19(18)25(21)11-9-22(27)23-14-16-10-12-28-20-8-4-1-5-17(20)13-16/h1-8,16,26H,9-15H2,(H,23,27). The van der Waals surface area contributed by atoms with Gasteiger partial charge in [0, 0.05) is 19.5 Å². The van der Waals surface area contributed by atoms with Crippen LogP contribution in [0.15, 0.2) is 48.5 Å². The molecule has 0 bridgehead atoms. The quantitative estimate of drug-likeness (QED) is 0.690. The van der Waals surface area contributed by atoms with Crippen molar-refractivity contribution in [2.24, 2.45) is 5.92 Å².